The van der Waals surface area contributed by atoms with E-state index in [0.29, 0.717) is 30.1 Å². The number of Topliss-reactive ketones (excluding diaryl/α,β-unsaturated/α-hetero) is 1. The first-order valence-corrected chi connectivity index (χ1v) is 10.5. The fourth-order valence-electron chi connectivity index (χ4n) is 3.02. The number of carbonyl (C=O) groups is 2. The van der Waals surface area contributed by atoms with Crippen LogP contribution in [0.25, 0.3) is 10.4 Å². The summed E-state index contributed by atoms with van der Waals surface area (Å²) in [7, 11) is 0. The third kappa shape index (κ3) is 5.29. The second-order valence-corrected chi connectivity index (χ2v) is 7.68. The molecule has 2 amide bonds. The number of amides is 2. The smallest absolute Gasteiger partial charge is 0.321 e. The summed E-state index contributed by atoms with van der Waals surface area (Å²) in [6, 6.07) is 7.07. The molecule has 0 unspecified atom stereocenters. The number of thiazole rings is 1. The van der Waals surface area contributed by atoms with Gasteiger partial charge in [-0.3, -0.25) is 10.1 Å². The topological polar surface area (TPSA) is 88.9 Å². The molecule has 3 aromatic rings. The highest BCUT2D eigenvalue weighted by Crippen LogP contribution is 2.32. The van der Waals surface area contributed by atoms with Crippen molar-refractivity contribution in [2.45, 2.75) is 33.2 Å². The molecular formula is C21H24FN5O2S. The SMILES string of the molecule is CCC(=O)c1ccc(-c2sc(NC(=O)NCCc3cncn3CCF)nc2C)cc1. The summed E-state index contributed by atoms with van der Waals surface area (Å²) in [6.07, 6.45) is 4.28. The average Bonchev–Trinajstić information content (AvgIpc) is 3.34. The maximum atomic E-state index is 12.5. The number of urea groups is 1. The Bertz CT molecular complexity index is 1010. The number of hydrogen-bond acceptors (Lipinski definition) is 5. The Labute approximate surface area is 178 Å². The van der Waals surface area contributed by atoms with Crippen molar-refractivity contribution >= 4 is 28.3 Å². The quantitative estimate of drug-likeness (QED) is 0.498. The Hall–Kier alpha value is -3.07. The molecule has 3 rings (SSSR count). The van der Waals surface area contributed by atoms with Crippen LogP contribution < -0.4 is 10.6 Å². The van der Waals surface area contributed by atoms with Crippen LogP contribution >= 0.6 is 11.3 Å². The number of aryl methyl sites for hydroxylation is 2. The minimum atomic E-state index is -0.458. The molecule has 0 aliphatic carbocycles. The second-order valence-electron chi connectivity index (χ2n) is 6.69. The number of nitrogens with zero attached hydrogens (tertiary/aromatic N) is 3. The lowest BCUT2D eigenvalue weighted by Gasteiger charge is -2.07. The zero-order chi connectivity index (χ0) is 21.5. The number of ketones is 1. The number of rotatable bonds is 9. The van der Waals surface area contributed by atoms with Crippen LogP contribution in [0.2, 0.25) is 0 Å². The zero-order valence-electron chi connectivity index (χ0n) is 16.9. The first-order chi connectivity index (χ1) is 14.5. The van der Waals surface area contributed by atoms with E-state index in [0.717, 1.165) is 21.8 Å². The molecule has 0 bridgehead atoms. The molecule has 0 atom stereocenters. The highest BCUT2D eigenvalue weighted by atomic mass is 32.1. The van der Waals surface area contributed by atoms with E-state index in [-0.39, 0.29) is 18.4 Å². The summed E-state index contributed by atoms with van der Waals surface area (Å²) >= 11 is 1.38. The number of alkyl halides is 1. The van der Waals surface area contributed by atoms with Crippen molar-refractivity contribution in [2.24, 2.45) is 0 Å². The molecule has 158 valence electrons. The summed E-state index contributed by atoms with van der Waals surface area (Å²) in [5, 5.41) is 6.03. The molecule has 0 aliphatic heterocycles. The maximum Gasteiger partial charge on any atom is 0.321 e. The Morgan fingerprint density at radius 3 is 2.70 bits per heavy atom. The lowest BCUT2D eigenvalue weighted by Crippen LogP contribution is -2.30. The largest absolute Gasteiger partial charge is 0.337 e. The number of halogens is 1. The van der Waals surface area contributed by atoms with E-state index in [4.69, 9.17) is 0 Å². The van der Waals surface area contributed by atoms with E-state index in [2.05, 4.69) is 20.6 Å². The van der Waals surface area contributed by atoms with E-state index < -0.39 is 6.67 Å². The molecule has 0 fully saturated rings. The van der Waals surface area contributed by atoms with E-state index in [9.17, 15) is 14.0 Å². The second kappa shape index (κ2) is 10.1. The molecule has 0 spiro atoms. The number of anilines is 1. The normalized spacial score (nSPS) is 10.8. The summed E-state index contributed by atoms with van der Waals surface area (Å²) in [5.74, 6) is 0.106. The van der Waals surface area contributed by atoms with Gasteiger partial charge in [0, 0.05) is 36.8 Å². The standard InChI is InChI=1S/C21H24FN5O2S/c1-3-18(28)15-4-6-16(7-5-15)19-14(2)25-21(30-19)26-20(29)24-10-8-17-12-23-13-27(17)11-9-22/h4-7,12-13H,3,8-11H2,1-2H3,(H2,24,25,26,29). The van der Waals surface area contributed by atoms with Gasteiger partial charge in [0.15, 0.2) is 10.9 Å². The predicted molar refractivity (Wildman–Crippen MR) is 116 cm³/mol. The van der Waals surface area contributed by atoms with Crippen molar-refractivity contribution in [2.75, 3.05) is 18.5 Å². The van der Waals surface area contributed by atoms with Gasteiger partial charge in [0.2, 0.25) is 0 Å². The van der Waals surface area contributed by atoms with Gasteiger partial charge in [0.1, 0.15) is 6.67 Å². The molecule has 0 radical (unpaired) electrons. The van der Waals surface area contributed by atoms with E-state index in [1.165, 1.54) is 11.3 Å². The monoisotopic (exact) mass is 429 g/mol. The van der Waals surface area contributed by atoms with Gasteiger partial charge in [-0.25, -0.2) is 19.2 Å². The Balaban J connectivity index is 1.56. The Morgan fingerprint density at radius 2 is 2.00 bits per heavy atom. The van der Waals surface area contributed by atoms with Gasteiger partial charge in [0.25, 0.3) is 0 Å². The van der Waals surface area contributed by atoms with Gasteiger partial charge in [-0.15, -0.1) is 0 Å². The van der Waals surface area contributed by atoms with Crippen molar-refractivity contribution in [3.05, 3.63) is 53.7 Å². The lowest BCUT2D eigenvalue weighted by molar-refractivity contribution is 0.0988. The van der Waals surface area contributed by atoms with Crippen molar-refractivity contribution in [1.29, 1.82) is 0 Å². The minimum Gasteiger partial charge on any atom is -0.337 e. The molecule has 1 aromatic carbocycles. The van der Waals surface area contributed by atoms with Crippen LogP contribution in [-0.4, -0.2) is 39.6 Å². The third-order valence-electron chi connectivity index (χ3n) is 4.60. The number of carbonyl (C=O) groups excluding carboxylic acids is 2. The molecule has 30 heavy (non-hydrogen) atoms. The molecule has 2 N–H and O–H groups in total. The van der Waals surface area contributed by atoms with Crippen molar-refractivity contribution in [1.82, 2.24) is 19.9 Å². The van der Waals surface area contributed by atoms with E-state index in [1.54, 1.807) is 17.1 Å². The number of hydrogen-bond donors (Lipinski definition) is 2. The Kier molecular flexibility index (Phi) is 7.29. The lowest BCUT2D eigenvalue weighted by atomic mass is 10.1. The van der Waals surface area contributed by atoms with Gasteiger partial charge in [-0.05, 0) is 12.5 Å². The van der Waals surface area contributed by atoms with Crippen molar-refractivity contribution in [3.63, 3.8) is 0 Å². The average molecular weight is 430 g/mol. The fourth-order valence-corrected chi connectivity index (χ4v) is 3.99. The van der Waals surface area contributed by atoms with Crippen LogP contribution in [0.1, 0.15) is 35.1 Å². The molecular weight excluding hydrogens is 405 g/mol. The summed E-state index contributed by atoms with van der Waals surface area (Å²) in [5.41, 5.74) is 3.31. The van der Waals surface area contributed by atoms with Gasteiger partial charge in [-0.2, -0.15) is 0 Å². The van der Waals surface area contributed by atoms with Gasteiger partial charge < -0.3 is 9.88 Å². The number of imidazole rings is 1. The van der Waals surface area contributed by atoms with Gasteiger partial charge in [-0.1, -0.05) is 42.5 Å². The molecule has 0 saturated heterocycles. The molecule has 2 heterocycles. The molecule has 2 aromatic heterocycles. The van der Waals surface area contributed by atoms with Crippen LogP contribution in [0.3, 0.4) is 0 Å². The van der Waals surface area contributed by atoms with Crippen LogP contribution in [0.5, 0.6) is 0 Å². The van der Waals surface area contributed by atoms with Gasteiger partial charge >= 0.3 is 6.03 Å². The molecule has 0 saturated carbocycles. The molecule has 7 nitrogen and oxygen atoms in total. The molecule has 0 aliphatic rings. The van der Waals surface area contributed by atoms with Crippen molar-refractivity contribution < 1.29 is 14.0 Å². The van der Waals surface area contributed by atoms with Crippen LogP contribution in [0.4, 0.5) is 14.3 Å². The highest BCUT2D eigenvalue weighted by molar-refractivity contribution is 7.19. The number of benzene rings is 1. The Morgan fingerprint density at radius 1 is 1.23 bits per heavy atom. The number of aromatic nitrogens is 3. The summed E-state index contributed by atoms with van der Waals surface area (Å²) in [4.78, 5) is 33.3. The third-order valence-corrected chi connectivity index (χ3v) is 5.72. The van der Waals surface area contributed by atoms with Gasteiger partial charge in [0.05, 0.1) is 23.4 Å². The van der Waals surface area contributed by atoms with Crippen molar-refractivity contribution in [3.8, 4) is 10.4 Å². The highest BCUT2D eigenvalue weighted by Gasteiger charge is 2.13. The first-order valence-electron chi connectivity index (χ1n) is 9.72. The molecule has 9 heteroatoms. The minimum absolute atomic E-state index is 0.106. The van der Waals surface area contributed by atoms with Crippen LogP contribution in [0.15, 0.2) is 36.8 Å². The first kappa shape index (κ1) is 21.6. The summed E-state index contributed by atoms with van der Waals surface area (Å²) in [6.45, 7) is 3.92. The number of nitrogens with one attached hydrogen (secondary N) is 2. The zero-order valence-corrected chi connectivity index (χ0v) is 17.8. The maximum absolute atomic E-state index is 12.5. The fraction of sp³-hybridized carbons (Fsp3) is 0.333. The van der Waals surface area contributed by atoms with E-state index >= 15 is 0 Å². The predicted octanol–water partition coefficient (Wildman–Crippen LogP) is 4.24. The summed E-state index contributed by atoms with van der Waals surface area (Å²) < 4.78 is 14.2. The van der Waals surface area contributed by atoms with Crippen LogP contribution in [-0.2, 0) is 13.0 Å². The van der Waals surface area contributed by atoms with E-state index in [1.807, 2.05) is 38.1 Å². The van der Waals surface area contributed by atoms with Crippen LogP contribution in [0, 0.1) is 6.92 Å².